The number of hydrogen-bond donors (Lipinski definition) is 1. The summed E-state index contributed by atoms with van der Waals surface area (Å²) in [5, 5.41) is 8.08. The standard InChI is InChI=1S/C6H10O2/c1-2-5-8-6-3-4-7/h2-5,7H,6H2,1H3. The summed E-state index contributed by atoms with van der Waals surface area (Å²) >= 11 is 0. The normalized spacial score (nSPS) is 11.1. The van der Waals surface area contributed by atoms with E-state index >= 15 is 0 Å². The fourth-order valence-electron chi connectivity index (χ4n) is 0.250. The minimum Gasteiger partial charge on any atom is -0.516 e. The molecule has 0 spiro atoms. The van der Waals surface area contributed by atoms with E-state index in [1.54, 1.807) is 12.3 Å². The van der Waals surface area contributed by atoms with Crippen LogP contribution in [0.3, 0.4) is 0 Å². The Hall–Kier alpha value is -0.920. The van der Waals surface area contributed by atoms with Gasteiger partial charge in [-0.25, -0.2) is 0 Å². The zero-order chi connectivity index (χ0) is 6.24. The van der Waals surface area contributed by atoms with Crippen LogP contribution < -0.4 is 0 Å². The Balaban J connectivity index is 2.93. The summed E-state index contributed by atoms with van der Waals surface area (Å²) in [5.74, 6) is 0. The van der Waals surface area contributed by atoms with Crippen molar-refractivity contribution in [3.63, 3.8) is 0 Å². The first-order valence-electron chi connectivity index (χ1n) is 2.43. The highest BCUT2D eigenvalue weighted by Crippen LogP contribution is 1.76. The third kappa shape index (κ3) is 5.08. The average molecular weight is 114 g/mol. The number of aliphatic hydroxyl groups excluding tert-OH is 1. The molecule has 0 atom stereocenters. The second-order valence-electron chi connectivity index (χ2n) is 1.19. The van der Waals surface area contributed by atoms with Gasteiger partial charge in [0, 0.05) is 0 Å². The van der Waals surface area contributed by atoms with E-state index in [0.29, 0.717) is 6.61 Å². The van der Waals surface area contributed by atoms with Crippen LogP contribution in [0.25, 0.3) is 0 Å². The van der Waals surface area contributed by atoms with Crippen molar-refractivity contribution in [2.45, 2.75) is 6.92 Å². The lowest BCUT2D eigenvalue weighted by molar-refractivity contribution is 0.285. The Labute approximate surface area is 49.1 Å². The van der Waals surface area contributed by atoms with Crippen LogP contribution in [-0.2, 0) is 4.74 Å². The fourth-order valence-corrected chi connectivity index (χ4v) is 0.250. The number of aliphatic hydroxyl groups is 1. The van der Waals surface area contributed by atoms with Gasteiger partial charge >= 0.3 is 0 Å². The van der Waals surface area contributed by atoms with E-state index in [2.05, 4.69) is 0 Å². The SMILES string of the molecule is CC=COCC=CO. The minimum atomic E-state index is 0.431. The van der Waals surface area contributed by atoms with Crippen LogP contribution in [0.15, 0.2) is 24.7 Å². The third-order valence-electron chi connectivity index (χ3n) is 0.530. The van der Waals surface area contributed by atoms with Gasteiger partial charge in [-0.3, -0.25) is 0 Å². The molecule has 2 nitrogen and oxygen atoms in total. The summed E-state index contributed by atoms with van der Waals surface area (Å²) in [7, 11) is 0. The first-order chi connectivity index (χ1) is 3.91. The van der Waals surface area contributed by atoms with Crippen LogP contribution in [-0.4, -0.2) is 11.7 Å². The Bertz CT molecular complexity index is 72.5. The van der Waals surface area contributed by atoms with E-state index in [-0.39, 0.29) is 0 Å². The second kappa shape index (κ2) is 6.08. The first-order valence-corrected chi connectivity index (χ1v) is 2.43. The molecule has 0 aliphatic rings. The van der Waals surface area contributed by atoms with Gasteiger partial charge in [0.15, 0.2) is 0 Å². The molecule has 0 aromatic carbocycles. The molecule has 0 radical (unpaired) electrons. The Morgan fingerprint density at radius 1 is 1.62 bits per heavy atom. The van der Waals surface area contributed by atoms with E-state index < -0.39 is 0 Å². The van der Waals surface area contributed by atoms with Gasteiger partial charge in [0.25, 0.3) is 0 Å². The molecule has 0 aromatic heterocycles. The van der Waals surface area contributed by atoms with Crippen molar-refractivity contribution < 1.29 is 9.84 Å². The lowest BCUT2D eigenvalue weighted by atomic mass is 10.7. The second-order valence-corrected chi connectivity index (χ2v) is 1.19. The molecule has 0 aromatic rings. The number of ether oxygens (including phenoxy) is 1. The molecular formula is C6H10O2. The minimum absolute atomic E-state index is 0.431. The van der Waals surface area contributed by atoms with E-state index in [1.165, 1.54) is 6.08 Å². The smallest absolute Gasteiger partial charge is 0.109 e. The van der Waals surface area contributed by atoms with Crippen molar-refractivity contribution in [2.75, 3.05) is 6.61 Å². The predicted molar refractivity (Wildman–Crippen MR) is 32.5 cm³/mol. The molecule has 0 saturated carbocycles. The van der Waals surface area contributed by atoms with Gasteiger partial charge in [-0.05, 0) is 13.0 Å². The van der Waals surface area contributed by atoms with E-state index in [1.807, 2.05) is 6.92 Å². The van der Waals surface area contributed by atoms with Crippen LogP contribution in [0.1, 0.15) is 6.92 Å². The largest absolute Gasteiger partial charge is 0.516 e. The number of allylic oxidation sites excluding steroid dienone is 1. The van der Waals surface area contributed by atoms with E-state index in [4.69, 9.17) is 9.84 Å². The van der Waals surface area contributed by atoms with Gasteiger partial charge in [-0.1, -0.05) is 6.08 Å². The van der Waals surface area contributed by atoms with Gasteiger partial charge in [0.05, 0.1) is 12.5 Å². The van der Waals surface area contributed by atoms with Crippen LogP contribution >= 0.6 is 0 Å². The Morgan fingerprint density at radius 3 is 2.88 bits per heavy atom. The van der Waals surface area contributed by atoms with Gasteiger partial charge in [-0.2, -0.15) is 0 Å². The molecule has 0 saturated heterocycles. The summed E-state index contributed by atoms with van der Waals surface area (Å²) in [6.07, 6.45) is 5.83. The van der Waals surface area contributed by atoms with Crippen molar-refractivity contribution in [3.05, 3.63) is 24.7 Å². The summed E-state index contributed by atoms with van der Waals surface area (Å²) in [6, 6.07) is 0. The van der Waals surface area contributed by atoms with Crippen molar-refractivity contribution >= 4 is 0 Å². The van der Waals surface area contributed by atoms with Gasteiger partial charge in [-0.15, -0.1) is 0 Å². The number of rotatable bonds is 3. The van der Waals surface area contributed by atoms with E-state index in [9.17, 15) is 0 Å². The maximum absolute atomic E-state index is 8.08. The highest BCUT2D eigenvalue weighted by Gasteiger charge is 1.68. The third-order valence-corrected chi connectivity index (χ3v) is 0.530. The lowest BCUT2D eigenvalue weighted by Crippen LogP contribution is -1.78. The highest BCUT2D eigenvalue weighted by molar-refractivity contribution is 4.73. The fraction of sp³-hybridized carbons (Fsp3) is 0.333. The first kappa shape index (κ1) is 7.08. The zero-order valence-electron chi connectivity index (χ0n) is 4.87. The molecule has 2 heteroatoms. The topological polar surface area (TPSA) is 29.5 Å². The Morgan fingerprint density at radius 2 is 2.38 bits per heavy atom. The monoisotopic (exact) mass is 114 g/mol. The van der Waals surface area contributed by atoms with Crippen LogP contribution in [0.4, 0.5) is 0 Å². The van der Waals surface area contributed by atoms with Crippen LogP contribution in [0.2, 0.25) is 0 Å². The van der Waals surface area contributed by atoms with Crippen molar-refractivity contribution in [3.8, 4) is 0 Å². The molecule has 46 valence electrons. The molecule has 0 aliphatic carbocycles. The van der Waals surface area contributed by atoms with Gasteiger partial charge < -0.3 is 9.84 Å². The van der Waals surface area contributed by atoms with E-state index in [0.717, 1.165) is 6.26 Å². The molecule has 0 heterocycles. The molecule has 0 amide bonds. The number of hydrogen-bond acceptors (Lipinski definition) is 2. The maximum Gasteiger partial charge on any atom is 0.109 e. The van der Waals surface area contributed by atoms with Crippen LogP contribution in [0, 0.1) is 0 Å². The molecule has 0 bridgehead atoms. The zero-order valence-corrected chi connectivity index (χ0v) is 4.87. The molecule has 0 fully saturated rings. The lowest BCUT2D eigenvalue weighted by Gasteiger charge is -1.89. The average Bonchev–Trinajstić information content (AvgIpc) is 1.81. The van der Waals surface area contributed by atoms with Crippen molar-refractivity contribution in [1.29, 1.82) is 0 Å². The quantitative estimate of drug-likeness (QED) is 0.446. The summed E-state index contributed by atoms with van der Waals surface area (Å²) < 4.78 is 4.80. The molecule has 0 aliphatic heterocycles. The van der Waals surface area contributed by atoms with Crippen molar-refractivity contribution in [1.82, 2.24) is 0 Å². The Kier molecular flexibility index (Phi) is 5.38. The molecule has 0 rings (SSSR count). The summed E-state index contributed by atoms with van der Waals surface area (Å²) in [4.78, 5) is 0. The summed E-state index contributed by atoms with van der Waals surface area (Å²) in [6.45, 7) is 2.30. The molecule has 8 heavy (non-hydrogen) atoms. The molecule has 0 unspecified atom stereocenters. The molecular weight excluding hydrogens is 104 g/mol. The van der Waals surface area contributed by atoms with Crippen molar-refractivity contribution in [2.24, 2.45) is 0 Å². The highest BCUT2D eigenvalue weighted by atomic mass is 16.5. The van der Waals surface area contributed by atoms with Gasteiger partial charge in [0.2, 0.25) is 0 Å². The molecule has 1 N–H and O–H groups in total. The van der Waals surface area contributed by atoms with Gasteiger partial charge in [0.1, 0.15) is 6.61 Å². The predicted octanol–water partition coefficient (Wildman–Crippen LogP) is 1.61. The maximum atomic E-state index is 8.08. The van der Waals surface area contributed by atoms with Crippen LogP contribution in [0.5, 0.6) is 0 Å². The summed E-state index contributed by atoms with van der Waals surface area (Å²) in [5.41, 5.74) is 0.